The van der Waals surface area contributed by atoms with Gasteiger partial charge in [0.05, 0.1) is 18.1 Å². The Balaban J connectivity index is 0.000000286. The average Bonchev–Trinajstić information content (AvgIpc) is 3.27. The third-order valence-corrected chi connectivity index (χ3v) is 5.23. The van der Waals surface area contributed by atoms with Crippen LogP contribution in [0.2, 0.25) is 0 Å². The minimum atomic E-state index is -5.08. The van der Waals surface area contributed by atoms with Gasteiger partial charge in [-0.25, -0.2) is 24.5 Å². The molecule has 0 amide bonds. The lowest BCUT2D eigenvalue weighted by Gasteiger charge is -2.43. The molecule has 0 aliphatic carbocycles. The molecule has 2 saturated heterocycles. The predicted molar refractivity (Wildman–Crippen MR) is 113 cm³/mol. The minimum Gasteiger partial charge on any atom is -0.477 e. The molecule has 2 aliphatic heterocycles. The number of fused-ring (bicyclic) bond motifs is 1. The fraction of sp³-hybridized carbons (Fsp3) is 0.476. The highest BCUT2D eigenvalue weighted by atomic mass is 19.4. The zero-order valence-electron chi connectivity index (χ0n) is 18.9. The second-order valence-electron chi connectivity index (χ2n) is 7.79. The molecule has 2 aliphatic rings. The van der Waals surface area contributed by atoms with E-state index in [9.17, 15) is 26.3 Å². The summed E-state index contributed by atoms with van der Waals surface area (Å²) in [5.41, 5.74) is -0.0189. The first-order valence-corrected chi connectivity index (χ1v) is 10.5. The average molecular weight is 540 g/mol. The second-order valence-corrected chi connectivity index (χ2v) is 7.79. The number of aromatic nitrogens is 3. The summed E-state index contributed by atoms with van der Waals surface area (Å²) in [6.07, 6.45) is -2.63. The normalized spacial score (nSPS) is 20.9. The van der Waals surface area contributed by atoms with Gasteiger partial charge in [-0.15, -0.1) is 0 Å². The first-order chi connectivity index (χ1) is 17.2. The number of carboxylic acid groups (broad SMARTS) is 2. The topological polar surface area (TPSA) is 135 Å². The largest absolute Gasteiger partial charge is 0.490 e. The minimum absolute atomic E-state index is 0.0189. The Labute approximate surface area is 205 Å². The number of piperidine rings is 1. The Morgan fingerprint density at radius 3 is 2.08 bits per heavy atom. The summed E-state index contributed by atoms with van der Waals surface area (Å²) >= 11 is 0. The number of hydrogen-bond acceptors (Lipinski definition) is 8. The SMILES string of the molecule is O=C(O)C(F)(F)F.O=C(O)C(F)(F)F.c1ccc(OC[C@@]23CCO[C@@H]2CCN(c2ncccn2)C3)nc1. The molecule has 2 aromatic heterocycles. The quantitative estimate of drug-likeness (QED) is 0.557. The van der Waals surface area contributed by atoms with Crippen LogP contribution in [-0.2, 0) is 14.3 Å². The lowest BCUT2D eigenvalue weighted by atomic mass is 9.77. The highest BCUT2D eigenvalue weighted by molar-refractivity contribution is 5.73. The maximum atomic E-state index is 10.6. The van der Waals surface area contributed by atoms with E-state index in [1.807, 2.05) is 24.3 Å². The van der Waals surface area contributed by atoms with Gasteiger partial charge in [-0.1, -0.05) is 6.07 Å². The lowest BCUT2D eigenvalue weighted by Crippen LogP contribution is -2.53. The molecule has 16 heteroatoms. The van der Waals surface area contributed by atoms with Gasteiger partial charge in [0.2, 0.25) is 11.8 Å². The molecule has 204 valence electrons. The van der Waals surface area contributed by atoms with E-state index in [0.29, 0.717) is 12.5 Å². The van der Waals surface area contributed by atoms with Crippen molar-refractivity contribution in [3.63, 3.8) is 0 Å². The Bertz CT molecular complexity index is 988. The van der Waals surface area contributed by atoms with Crippen LogP contribution in [-0.4, -0.2) is 81.9 Å². The smallest absolute Gasteiger partial charge is 0.477 e. The summed E-state index contributed by atoms with van der Waals surface area (Å²) in [5.74, 6) is -4.06. The highest BCUT2D eigenvalue weighted by Crippen LogP contribution is 2.41. The van der Waals surface area contributed by atoms with Crippen LogP contribution in [0.15, 0.2) is 42.9 Å². The fourth-order valence-corrected chi connectivity index (χ4v) is 3.53. The highest BCUT2D eigenvalue weighted by Gasteiger charge is 2.49. The summed E-state index contributed by atoms with van der Waals surface area (Å²) in [6.45, 7) is 3.17. The molecular weight excluding hydrogens is 518 g/mol. The predicted octanol–water partition coefficient (Wildman–Crippen LogP) is 3.20. The Morgan fingerprint density at radius 2 is 1.57 bits per heavy atom. The van der Waals surface area contributed by atoms with E-state index in [4.69, 9.17) is 29.3 Å². The van der Waals surface area contributed by atoms with Crippen LogP contribution < -0.4 is 9.64 Å². The van der Waals surface area contributed by atoms with Gasteiger partial charge in [-0.2, -0.15) is 26.3 Å². The van der Waals surface area contributed by atoms with E-state index in [2.05, 4.69) is 19.9 Å². The maximum Gasteiger partial charge on any atom is 0.490 e. The molecule has 0 aromatic carbocycles. The number of alkyl halides is 6. The van der Waals surface area contributed by atoms with Crippen molar-refractivity contribution in [3.8, 4) is 5.88 Å². The van der Waals surface area contributed by atoms with E-state index >= 15 is 0 Å². The first-order valence-electron chi connectivity index (χ1n) is 10.5. The lowest BCUT2D eigenvalue weighted by molar-refractivity contribution is -0.193. The molecule has 0 saturated carbocycles. The standard InChI is InChI=1S/C17H20N4O2.2C2HF3O2/c1-2-7-18-15(4-1)23-13-17-6-11-22-14(17)5-10-21(12-17)16-19-8-3-9-20-16;2*3-2(4,5)1(6)7/h1-4,7-9,14H,5-6,10-13H2;2*(H,6,7)/t14-,17+;;/m1../s1. The zero-order chi connectivity index (χ0) is 27.7. The van der Waals surface area contributed by atoms with Crippen LogP contribution in [0.25, 0.3) is 0 Å². The summed E-state index contributed by atoms with van der Waals surface area (Å²) in [6, 6.07) is 7.56. The van der Waals surface area contributed by atoms with E-state index in [1.54, 1.807) is 18.6 Å². The van der Waals surface area contributed by atoms with Crippen LogP contribution in [0.1, 0.15) is 12.8 Å². The Kier molecular flexibility index (Phi) is 9.99. The number of pyridine rings is 1. The van der Waals surface area contributed by atoms with Crippen LogP contribution in [0, 0.1) is 5.41 Å². The number of halogens is 6. The number of anilines is 1. The van der Waals surface area contributed by atoms with Crippen LogP contribution in [0.3, 0.4) is 0 Å². The third-order valence-electron chi connectivity index (χ3n) is 5.23. The number of carboxylic acids is 2. The molecule has 0 unspecified atom stereocenters. The number of aliphatic carboxylic acids is 2. The van der Waals surface area contributed by atoms with E-state index in [1.165, 1.54) is 0 Å². The molecule has 2 aromatic rings. The fourth-order valence-electron chi connectivity index (χ4n) is 3.53. The summed E-state index contributed by atoms with van der Waals surface area (Å²) in [5, 5.41) is 14.2. The molecule has 10 nitrogen and oxygen atoms in total. The molecule has 4 rings (SSSR count). The van der Waals surface area contributed by atoms with Gasteiger partial charge in [-0.05, 0) is 25.0 Å². The van der Waals surface area contributed by atoms with Crippen LogP contribution >= 0.6 is 0 Å². The number of rotatable bonds is 4. The molecule has 2 atom stereocenters. The maximum absolute atomic E-state index is 10.6. The van der Waals surface area contributed by atoms with Crippen molar-refractivity contribution in [2.75, 3.05) is 31.2 Å². The van der Waals surface area contributed by atoms with Gasteiger partial charge in [0.15, 0.2) is 0 Å². The molecule has 0 bridgehead atoms. The molecule has 4 heterocycles. The van der Waals surface area contributed by atoms with Gasteiger partial charge in [0.1, 0.15) is 0 Å². The van der Waals surface area contributed by atoms with Gasteiger partial charge in [-0.3, -0.25) is 0 Å². The van der Waals surface area contributed by atoms with Gasteiger partial charge < -0.3 is 24.6 Å². The second kappa shape index (κ2) is 12.5. The van der Waals surface area contributed by atoms with Gasteiger partial charge >= 0.3 is 24.3 Å². The summed E-state index contributed by atoms with van der Waals surface area (Å²) in [4.78, 5) is 33.1. The Morgan fingerprint density at radius 1 is 1.00 bits per heavy atom. The van der Waals surface area contributed by atoms with Crippen molar-refractivity contribution in [2.24, 2.45) is 5.41 Å². The van der Waals surface area contributed by atoms with E-state index in [-0.39, 0.29) is 11.5 Å². The van der Waals surface area contributed by atoms with Crippen molar-refractivity contribution >= 4 is 17.9 Å². The van der Waals surface area contributed by atoms with Crippen LogP contribution in [0.5, 0.6) is 5.88 Å². The van der Waals surface area contributed by atoms with Gasteiger partial charge in [0, 0.05) is 44.4 Å². The van der Waals surface area contributed by atoms with Crippen molar-refractivity contribution in [1.82, 2.24) is 15.0 Å². The molecule has 0 radical (unpaired) electrons. The molecule has 2 fully saturated rings. The monoisotopic (exact) mass is 540 g/mol. The van der Waals surface area contributed by atoms with Gasteiger partial charge in [0.25, 0.3) is 0 Å². The summed E-state index contributed by atoms with van der Waals surface area (Å²) in [7, 11) is 0. The first kappa shape index (κ1) is 29.5. The van der Waals surface area contributed by atoms with Crippen molar-refractivity contribution in [2.45, 2.75) is 31.3 Å². The van der Waals surface area contributed by atoms with Crippen molar-refractivity contribution in [1.29, 1.82) is 0 Å². The number of ether oxygens (including phenoxy) is 2. The third kappa shape index (κ3) is 9.04. The van der Waals surface area contributed by atoms with E-state index in [0.717, 1.165) is 38.5 Å². The van der Waals surface area contributed by atoms with Crippen LogP contribution in [0.4, 0.5) is 32.3 Å². The van der Waals surface area contributed by atoms with Crippen molar-refractivity contribution in [3.05, 3.63) is 42.9 Å². The number of nitrogens with zero attached hydrogens (tertiary/aromatic N) is 4. The molecular formula is C21H22F6N4O6. The Hall–Kier alpha value is -3.69. The van der Waals surface area contributed by atoms with Crippen molar-refractivity contribution < 1.29 is 55.6 Å². The number of carbonyl (C=O) groups is 2. The molecule has 0 spiro atoms. The van der Waals surface area contributed by atoms with E-state index < -0.39 is 24.3 Å². The zero-order valence-corrected chi connectivity index (χ0v) is 18.9. The summed E-state index contributed by atoms with van der Waals surface area (Å²) < 4.78 is 75.4. The number of hydrogen-bond donors (Lipinski definition) is 2. The molecule has 2 N–H and O–H groups in total. The molecule has 37 heavy (non-hydrogen) atoms.